The molecule has 0 aliphatic heterocycles. The molecule has 0 saturated carbocycles. The zero-order valence-electron chi connectivity index (χ0n) is 12.3. The molecule has 2 heterocycles. The Balaban J connectivity index is 2.72. The van der Waals surface area contributed by atoms with E-state index in [-0.39, 0.29) is 11.2 Å². The fourth-order valence-electron chi connectivity index (χ4n) is 1.89. The van der Waals surface area contributed by atoms with E-state index >= 15 is 0 Å². The van der Waals surface area contributed by atoms with Gasteiger partial charge in [0.25, 0.3) is 5.56 Å². The zero-order valence-corrected chi connectivity index (χ0v) is 13.1. The van der Waals surface area contributed by atoms with Gasteiger partial charge in [0.05, 0.1) is 5.97 Å². The van der Waals surface area contributed by atoms with Crippen LogP contribution in [0.25, 0.3) is 11.2 Å². The van der Waals surface area contributed by atoms with E-state index in [1.165, 1.54) is 18.5 Å². The van der Waals surface area contributed by atoms with Gasteiger partial charge in [0.1, 0.15) is 0 Å². The van der Waals surface area contributed by atoms with Gasteiger partial charge in [-0.3, -0.25) is 14.3 Å². The predicted molar refractivity (Wildman–Crippen MR) is 80.7 cm³/mol. The van der Waals surface area contributed by atoms with Gasteiger partial charge in [-0.2, -0.15) is 0 Å². The number of nitrogens with one attached hydrogen (secondary N) is 1. The number of aryl methyl sites for hydroxylation is 1. The summed E-state index contributed by atoms with van der Waals surface area (Å²) < 4.78 is 2.80. The summed E-state index contributed by atoms with van der Waals surface area (Å²) in [4.78, 5) is 41.1. The summed E-state index contributed by atoms with van der Waals surface area (Å²) in [6.07, 6.45) is 3.61. The maximum absolute atomic E-state index is 12.1. The topological polar surface area (TPSA) is 113 Å². The van der Waals surface area contributed by atoms with Crippen LogP contribution in [0.15, 0.2) is 26.9 Å². The molecule has 0 spiro atoms. The second-order valence-corrected chi connectivity index (χ2v) is 5.95. The maximum Gasteiger partial charge on any atom is 0.329 e. The minimum atomic E-state index is -1.22. The smallest absolute Gasteiger partial charge is 0.329 e. The summed E-state index contributed by atoms with van der Waals surface area (Å²) in [7, 11) is 1.49. The van der Waals surface area contributed by atoms with Crippen molar-refractivity contribution in [1.82, 2.24) is 19.1 Å². The van der Waals surface area contributed by atoms with Crippen LogP contribution >= 0.6 is 11.8 Å². The van der Waals surface area contributed by atoms with Gasteiger partial charge in [0, 0.05) is 18.8 Å². The lowest BCUT2D eigenvalue weighted by Crippen LogP contribution is -2.31. The van der Waals surface area contributed by atoms with Crippen LogP contribution < -0.4 is 16.4 Å². The average Bonchev–Trinajstić information content (AvgIpc) is 2.81. The number of hydrogen-bond acceptors (Lipinski definition) is 6. The van der Waals surface area contributed by atoms with Crippen molar-refractivity contribution in [2.24, 2.45) is 7.05 Å². The first-order chi connectivity index (χ1) is 10.4. The number of carboxylic acid groups (broad SMARTS) is 1. The quantitative estimate of drug-likeness (QED) is 0.571. The van der Waals surface area contributed by atoms with Crippen LogP contribution in [0.2, 0.25) is 0 Å². The van der Waals surface area contributed by atoms with Crippen LogP contribution in [0.4, 0.5) is 0 Å². The Bertz CT molecular complexity index is 861. The number of aromatic nitrogens is 4. The summed E-state index contributed by atoms with van der Waals surface area (Å²) in [5, 5.41) is 10.4. The van der Waals surface area contributed by atoms with Crippen LogP contribution in [0.5, 0.6) is 0 Å². The van der Waals surface area contributed by atoms with Crippen LogP contribution in [-0.4, -0.2) is 30.3 Å². The summed E-state index contributed by atoms with van der Waals surface area (Å²) in [5.74, 6) is -1.22. The molecule has 0 fully saturated rings. The van der Waals surface area contributed by atoms with E-state index < -0.39 is 22.5 Å². The van der Waals surface area contributed by atoms with Crippen molar-refractivity contribution >= 4 is 28.9 Å². The Morgan fingerprint density at radius 2 is 2.18 bits per heavy atom. The van der Waals surface area contributed by atoms with Gasteiger partial charge in [0.15, 0.2) is 16.3 Å². The van der Waals surface area contributed by atoms with Gasteiger partial charge >= 0.3 is 5.69 Å². The number of fused-ring (bicyclic) bond motifs is 1. The lowest BCUT2D eigenvalue weighted by Gasteiger charge is -2.12. The van der Waals surface area contributed by atoms with Gasteiger partial charge in [-0.15, -0.1) is 0 Å². The second-order valence-electron chi connectivity index (χ2n) is 4.64. The SMILES string of the molecule is C/C=C/Cn1c(S[C@@H](C)C(=O)[O-])nc2c1c(=O)[nH]c(=O)n2C. The van der Waals surface area contributed by atoms with Gasteiger partial charge in [0.2, 0.25) is 0 Å². The highest BCUT2D eigenvalue weighted by Crippen LogP contribution is 2.25. The van der Waals surface area contributed by atoms with E-state index in [9.17, 15) is 19.5 Å². The summed E-state index contributed by atoms with van der Waals surface area (Å²) in [5.41, 5.74) is -0.680. The molecule has 1 N–H and O–H groups in total. The third kappa shape index (κ3) is 2.84. The third-order valence-electron chi connectivity index (χ3n) is 3.11. The minimum absolute atomic E-state index is 0.214. The first-order valence-electron chi connectivity index (χ1n) is 6.55. The molecule has 0 aromatic carbocycles. The largest absolute Gasteiger partial charge is 0.549 e. The van der Waals surface area contributed by atoms with Crippen molar-refractivity contribution in [1.29, 1.82) is 0 Å². The first-order valence-corrected chi connectivity index (χ1v) is 7.43. The second kappa shape index (κ2) is 6.22. The van der Waals surface area contributed by atoms with E-state index in [1.54, 1.807) is 16.7 Å². The highest BCUT2D eigenvalue weighted by atomic mass is 32.2. The number of H-pyrrole nitrogens is 1. The van der Waals surface area contributed by atoms with Crippen molar-refractivity contribution < 1.29 is 9.90 Å². The monoisotopic (exact) mass is 323 g/mol. The number of aromatic amines is 1. The Morgan fingerprint density at radius 1 is 1.50 bits per heavy atom. The third-order valence-corrected chi connectivity index (χ3v) is 4.18. The molecule has 9 heteroatoms. The molecule has 2 aromatic heterocycles. The fourth-order valence-corrected chi connectivity index (χ4v) is 2.74. The van der Waals surface area contributed by atoms with Gasteiger partial charge in [-0.1, -0.05) is 23.9 Å². The number of hydrogen-bond donors (Lipinski definition) is 1. The summed E-state index contributed by atoms with van der Waals surface area (Å²) in [6, 6.07) is 0. The molecule has 0 amide bonds. The van der Waals surface area contributed by atoms with Crippen molar-refractivity contribution in [2.45, 2.75) is 30.8 Å². The van der Waals surface area contributed by atoms with Crippen LogP contribution in [0.1, 0.15) is 13.8 Å². The van der Waals surface area contributed by atoms with Gasteiger partial charge in [-0.25, -0.2) is 9.78 Å². The lowest BCUT2D eigenvalue weighted by atomic mass is 10.4. The van der Waals surface area contributed by atoms with Gasteiger partial charge in [-0.05, 0) is 13.8 Å². The number of carbonyl (C=O) groups is 1. The molecule has 2 rings (SSSR count). The number of aliphatic carboxylic acids is 1. The van der Waals surface area contributed by atoms with Crippen LogP contribution in [-0.2, 0) is 18.4 Å². The molecule has 0 radical (unpaired) electrons. The highest BCUT2D eigenvalue weighted by Gasteiger charge is 2.19. The van der Waals surface area contributed by atoms with E-state index in [0.717, 1.165) is 11.8 Å². The van der Waals surface area contributed by atoms with E-state index in [0.29, 0.717) is 11.7 Å². The molecular weight excluding hydrogens is 308 g/mol. The van der Waals surface area contributed by atoms with Crippen LogP contribution in [0.3, 0.4) is 0 Å². The minimum Gasteiger partial charge on any atom is -0.549 e. The number of imidazole rings is 1. The number of thioether (sulfide) groups is 1. The summed E-state index contributed by atoms with van der Waals surface area (Å²) >= 11 is 0.966. The van der Waals surface area contributed by atoms with E-state index in [1.807, 2.05) is 6.92 Å². The van der Waals surface area contributed by atoms with Crippen molar-refractivity contribution in [3.8, 4) is 0 Å². The summed E-state index contributed by atoms with van der Waals surface area (Å²) in [6.45, 7) is 3.65. The van der Waals surface area contributed by atoms with Crippen molar-refractivity contribution in [2.75, 3.05) is 0 Å². The maximum atomic E-state index is 12.1. The van der Waals surface area contributed by atoms with Crippen molar-refractivity contribution in [3.63, 3.8) is 0 Å². The number of allylic oxidation sites excluding steroid dienone is 2. The predicted octanol–water partition coefficient (Wildman–Crippen LogP) is -0.770. The molecule has 0 bridgehead atoms. The van der Waals surface area contributed by atoms with Gasteiger partial charge < -0.3 is 14.5 Å². The Labute approximate surface area is 129 Å². The molecule has 0 saturated heterocycles. The zero-order chi connectivity index (χ0) is 16.4. The average molecular weight is 323 g/mol. The van der Waals surface area contributed by atoms with Crippen molar-refractivity contribution in [3.05, 3.63) is 33.0 Å². The molecule has 8 nitrogen and oxygen atoms in total. The number of carbonyl (C=O) groups excluding carboxylic acids is 1. The Hall–Kier alpha value is -2.29. The number of carboxylic acids is 1. The highest BCUT2D eigenvalue weighted by molar-refractivity contribution is 8.00. The Kier molecular flexibility index (Phi) is 4.55. The number of rotatable bonds is 5. The standard InChI is InChI=1S/C13H16N4O4S/c1-4-5-6-17-8-9(16(3)12(21)15-10(8)18)14-13(17)22-7(2)11(19)20/h4-5,7H,6H2,1-3H3,(H,19,20)(H,15,18,21)/p-1/b5-4+/t7-/m0/s1. The number of nitrogens with zero attached hydrogens (tertiary/aromatic N) is 3. The molecule has 22 heavy (non-hydrogen) atoms. The lowest BCUT2D eigenvalue weighted by molar-refractivity contribution is -0.304. The molecule has 118 valence electrons. The molecule has 1 atom stereocenters. The molecule has 0 aliphatic carbocycles. The molecule has 0 aliphatic rings. The first kappa shape index (κ1) is 16.1. The molecular formula is C13H15N4O4S-. The normalized spacial score (nSPS) is 13.0. The fraction of sp³-hybridized carbons (Fsp3) is 0.385. The van der Waals surface area contributed by atoms with E-state index in [2.05, 4.69) is 9.97 Å². The van der Waals surface area contributed by atoms with Crippen LogP contribution in [0, 0.1) is 0 Å². The van der Waals surface area contributed by atoms with E-state index in [4.69, 9.17) is 0 Å². The molecule has 0 unspecified atom stereocenters. The Morgan fingerprint density at radius 3 is 2.77 bits per heavy atom. The molecule has 2 aromatic rings.